The number of esters is 3. The van der Waals surface area contributed by atoms with Gasteiger partial charge in [0.2, 0.25) is 0 Å². The van der Waals surface area contributed by atoms with Gasteiger partial charge in [0.25, 0.3) is 35.4 Å². The van der Waals surface area contributed by atoms with Crippen LogP contribution in [0.15, 0.2) is 74.4 Å². The van der Waals surface area contributed by atoms with E-state index in [2.05, 4.69) is 24.5 Å². The van der Waals surface area contributed by atoms with Crippen molar-refractivity contribution in [3.8, 4) is 0 Å². The summed E-state index contributed by atoms with van der Waals surface area (Å²) in [6, 6.07) is 0. The van der Waals surface area contributed by atoms with Gasteiger partial charge in [-0.05, 0) is 55.4 Å². The molecular weight excluding hydrogens is 983 g/mol. The van der Waals surface area contributed by atoms with Gasteiger partial charge in [-0.1, -0.05) is 19.7 Å². The van der Waals surface area contributed by atoms with Crippen molar-refractivity contribution in [3.05, 3.63) is 74.4 Å². The maximum absolute atomic E-state index is 11.4. The van der Waals surface area contributed by atoms with Gasteiger partial charge in [-0.25, -0.2) is 14.4 Å². The van der Waals surface area contributed by atoms with Gasteiger partial charge in [-0.3, -0.25) is 43.5 Å². The Balaban J connectivity index is -0.000000880. The predicted molar refractivity (Wildman–Crippen MR) is 263 cm³/mol. The summed E-state index contributed by atoms with van der Waals surface area (Å²) in [6.45, 7) is 24.8. The van der Waals surface area contributed by atoms with Gasteiger partial charge in [0.1, 0.15) is 19.8 Å². The third-order valence-corrected chi connectivity index (χ3v) is 8.91. The molecule has 0 saturated heterocycles. The lowest BCUT2D eigenvalue weighted by molar-refractivity contribution is -0.222. The highest BCUT2D eigenvalue weighted by atomic mass is 16.7. The molecule has 3 rings (SSSR count). The Morgan fingerprint density at radius 2 is 0.649 bits per heavy atom. The number of carbonyl (C=O) groups excluding carboxylic acids is 9. The number of imide groups is 3. The second kappa shape index (κ2) is 39.3. The Hall–Kier alpha value is -6.13. The second-order valence-corrected chi connectivity index (χ2v) is 15.9. The fraction of sp³-hybridized carbons (Fsp3) is 0.571. The van der Waals surface area contributed by atoms with Crippen LogP contribution < -0.4 is 0 Å². The molecule has 0 radical (unpaired) electrons. The Morgan fingerprint density at radius 1 is 0.405 bits per heavy atom. The van der Waals surface area contributed by atoms with E-state index < -0.39 is 41.1 Å². The lowest BCUT2D eigenvalue weighted by atomic mass is 10.4. The molecule has 6 amide bonds. The number of carbonyl (C=O) groups is 9. The van der Waals surface area contributed by atoms with Crippen molar-refractivity contribution in [1.82, 2.24) is 14.7 Å². The molecule has 0 aromatic rings. The molecule has 0 unspecified atom stereocenters. The van der Waals surface area contributed by atoms with E-state index in [1.807, 2.05) is 27.7 Å². The quantitative estimate of drug-likeness (QED) is 0.0294. The molecule has 25 nitrogen and oxygen atoms in total. The highest BCUT2D eigenvalue weighted by Crippen LogP contribution is 2.14. The molecule has 25 heteroatoms. The van der Waals surface area contributed by atoms with Gasteiger partial charge in [0.15, 0.2) is 23.1 Å². The summed E-state index contributed by atoms with van der Waals surface area (Å²) in [5.41, 5.74) is 0. The summed E-state index contributed by atoms with van der Waals surface area (Å²) in [7, 11) is 6.46. The van der Waals surface area contributed by atoms with Crippen molar-refractivity contribution in [2.75, 3.05) is 108 Å². The van der Waals surface area contributed by atoms with Crippen LogP contribution in [-0.2, 0) is 95.3 Å². The van der Waals surface area contributed by atoms with Gasteiger partial charge < -0.3 is 62.3 Å². The molecule has 74 heavy (non-hydrogen) atoms. The summed E-state index contributed by atoms with van der Waals surface area (Å²) in [4.78, 5) is 102. The molecule has 420 valence electrons. The number of nitrogens with zero attached hydrogens (tertiary/aromatic N) is 3. The highest BCUT2D eigenvalue weighted by Gasteiger charge is 2.27. The lowest BCUT2D eigenvalue weighted by Crippen LogP contribution is -2.39. The highest BCUT2D eigenvalue weighted by molar-refractivity contribution is 6.14. The molecule has 0 aromatic carbocycles. The smallest absolute Gasteiger partial charge is 0.330 e. The molecular formula is C49H77N3O22. The van der Waals surface area contributed by atoms with Crippen LogP contribution in [0.4, 0.5) is 0 Å². The van der Waals surface area contributed by atoms with Crippen molar-refractivity contribution in [2.24, 2.45) is 0 Å². The maximum Gasteiger partial charge on any atom is 0.330 e. The fourth-order valence-electron chi connectivity index (χ4n) is 4.25. The average Bonchev–Trinajstić information content (AvgIpc) is 4.00. The predicted octanol–water partition coefficient (Wildman–Crippen LogP) is 1.46. The first-order valence-electron chi connectivity index (χ1n) is 22.5. The first kappa shape index (κ1) is 72.1. The number of rotatable bonds is 27. The van der Waals surface area contributed by atoms with Crippen molar-refractivity contribution >= 4 is 53.4 Å². The van der Waals surface area contributed by atoms with Gasteiger partial charge in [0, 0.05) is 83.1 Å². The molecule has 0 fully saturated rings. The number of amides is 6. The zero-order valence-electron chi connectivity index (χ0n) is 44.7. The zero-order valence-corrected chi connectivity index (χ0v) is 44.7. The fourth-order valence-corrected chi connectivity index (χ4v) is 4.25. The summed E-state index contributed by atoms with van der Waals surface area (Å²) in [5.74, 6) is -6.33. The van der Waals surface area contributed by atoms with Crippen LogP contribution in [0.2, 0.25) is 0 Å². The summed E-state index contributed by atoms with van der Waals surface area (Å²) in [5, 5.41) is 16.5. The van der Waals surface area contributed by atoms with Crippen molar-refractivity contribution < 1.29 is 105 Å². The van der Waals surface area contributed by atoms with Crippen LogP contribution in [0.5, 0.6) is 0 Å². The number of hydrogen-bond donors (Lipinski definition) is 2. The van der Waals surface area contributed by atoms with Crippen LogP contribution in [0, 0.1) is 0 Å². The Kier molecular flexibility index (Phi) is 38.3. The van der Waals surface area contributed by atoms with Crippen LogP contribution in [0.25, 0.3) is 0 Å². The monoisotopic (exact) mass is 1060 g/mol. The first-order chi connectivity index (χ1) is 34.5. The Bertz CT molecular complexity index is 1740. The van der Waals surface area contributed by atoms with E-state index in [4.69, 9.17) is 57.6 Å². The van der Waals surface area contributed by atoms with E-state index in [9.17, 15) is 43.2 Å². The molecule has 3 aliphatic rings. The molecule has 0 bridgehead atoms. The Morgan fingerprint density at radius 3 is 0.865 bits per heavy atom. The van der Waals surface area contributed by atoms with Gasteiger partial charge in [-0.2, -0.15) is 0 Å². The number of β-amino-alcohol motifs (C(OH)–C–C–N with tert-alkyl or cyclic N) is 1. The number of hydrogen-bond acceptors (Lipinski definition) is 22. The SMILES string of the molecule is C=CC(=O)OCCO.C=CC(=O)OCCOC(C)(C)OCCOC(=O)C=C.CC(C)(OCCN1C(=O)C=CC1=O)OCCN1C(=O)C=CC1=O.COC(C)(C)OC.COC(C)(C)OC.O=C1C=CC(=O)N1CCO. The summed E-state index contributed by atoms with van der Waals surface area (Å²) >= 11 is 0. The molecule has 0 aromatic heterocycles. The lowest BCUT2D eigenvalue weighted by Gasteiger charge is -2.27. The molecule has 0 atom stereocenters. The van der Waals surface area contributed by atoms with E-state index in [1.54, 1.807) is 56.1 Å². The van der Waals surface area contributed by atoms with Crippen molar-refractivity contribution in [3.63, 3.8) is 0 Å². The minimum absolute atomic E-state index is 0.0465. The van der Waals surface area contributed by atoms with E-state index in [1.165, 1.54) is 36.5 Å². The van der Waals surface area contributed by atoms with Crippen molar-refractivity contribution in [1.29, 1.82) is 0 Å². The number of aliphatic hydroxyl groups excluding tert-OH is 2. The largest absolute Gasteiger partial charge is 0.460 e. The molecule has 2 N–H and O–H groups in total. The van der Waals surface area contributed by atoms with Crippen LogP contribution >= 0.6 is 0 Å². The standard InChI is InChI=1S/C15H18N2O6.C13H20O6.C6H7NO3.C5H8O3.2C5H12O2/c1-15(2,22-9-7-16-11(18)3-4-12(16)19)23-10-8-17-13(20)5-6-14(17)21;1-5-11(14)16-7-9-18-13(3,4)19-10-8-17-12(15)6-2;8-4-3-7-5(9)1-2-6(7)10;1-2-5(7)8-4-3-6;2*1-5(2,6-3)7-4/h3-6H,7-10H2,1-2H3;5-6H,1-2,7-10H2,3-4H3;1-2,8H,3-4H2;2,6H,1,3-4H2;2*1-4H3. The third-order valence-electron chi connectivity index (χ3n) is 8.91. The van der Waals surface area contributed by atoms with Gasteiger partial charge in [0.05, 0.1) is 59.3 Å². The summed E-state index contributed by atoms with van der Waals surface area (Å²) in [6.07, 6.45) is 10.4. The topological polar surface area (TPSA) is 305 Å². The third kappa shape index (κ3) is 35.9. The Labute approximate surface area is 433 Å². The number of ether oxygens (including phenoxy) is 11. The molecule has 0 aliphatic carbocycles. The second-order valence-electron chi connectivity index (χ2n) is 15.9. The van der Waals surface area contributed by atoms with Crippen molar-refractivity contribution in [2.45, 2.75) is 78.5 Å². The minimum atomic E-state index is -0.974. The molecule has 3 heterocycles. The van der Waals surface area contributed by atoms with Crippen LogP contribution in [0.1, 0.15) is 55.4 Å². The molecule has 0 saturated carbocycles. The molecule has 3 aliphatic heterocycles. The maximum atomic E-state index is 11.4. The zero-order chi connectivity index (χ0) is 57.6. The minimum Gasteiger partial charge on any atom is -0.460 e. The van der Waals surface area contributed by atoms with Gasteiger partial charge >= 0.3 is 17.9 Å². The first-order valence-corrected chi connectivity index (χ1v) is 22.5. The molecule has 0 spiro atoms. The summed E-state index contributed by atoms with van der Waals surface area (Å²) < 4.78 is 55.0. The average molecular weight is 1060 g/mol. The normalized spacial score (nSPS) is 13.8. The number of methoxy groups -OCH3 is 4. The van der Waals surface area contributed by atoms with E-state index in [-0.39, 0.29) is 115 Å². The van der Waals surface area contributed by atoms with E-state index in [0.29, 0.717) is 0 Å². The van der Waals surface area contributed by atoms with Crippen LogP contribution in [-0.4, -0.2) is 209 Å². The number of aliphatic hydroxyl groups is 2. The van der Waals surface area contributed by atoms with Gasteiger partial charge in [-0.15, -0.1) is 0 Å². The van der Waals surface area contributed by atoms with Crippen LogP contribution in [0.3, 0.4) is 0 Å². The van der Waals surface area contributed by atoms with E-state index >= 15 is 0 Å². The van der Waals surface area contributed by atoms with E-state index in [0.717, 1.165) is 32.9 Å².